The molecule has 3 aromatic rings. The van der Waals surface area contributed by atoms with Crippen molar-refractivity contribution in [1.82, 2.24) is 9.55 Å². The molecule has 0 radical (unpaired) electrons. The van der Waals surface area contributed by atoms with Gasteiger partial charge in [0.05, 0.1) is 10.6 Å². The summed E-state index contributed by atoms with van der Waals surface area (Å²) in [4.78, 5) is 33.0. The van der Waals surface area contributed by atoms with Crippen molar-refractivity contribution in [2.45, 2.75) is 50.1 Å². The van der Waals surface area contributed by atoms with Crippen molar-refractivity contribution in [3.05, 3.63) is 61.7 Å². The van der Waals surface area contributed by atoms with E-state index in [0.29, 0.717) is 33.4 Å². The number of anilines is 1. The molecule has 2 aromatic heterocycles. The van der Waals surface area contributed by atoms with Crippen LogP contribution in [0.15, 0.2) is 40.8 Å². The molecule has 0 spiro atoms. The van der Waals surface area contributed by atoms with Gasteiger partial charge >= 0.3 is 0 Å². The maximum absolute atomic E-state index is 13.4. The standard InChI is InChI=1S/C23H23Cl2N3O2S2/c1-4-7-28-22(30)19-17-6-5-12(2)8-18(17)32-21(19)27-23(28)31-13(3)20(29)26-16-10-14(24)9-15(25)11-16/h4,9-13H,1,5-8H2,2-3H3,(H,26,29)/t12-,13+/m0/s1. The third-order valence-corrected chi connectivity index (χ3v) is 8.15. The number of aryl methyl sites for hydroxylation is 1. The van der Waals surface area contributed by atoms with Crippen LogP contribution in [0.25, 0.3) is 10.2 Å². The minimum absolute atomic E-state index is 0.0568. The normalized spacial score (nSPS) is 16.6. The van der Waals surface area contributed by atoms with E-state index >= 15 is 0 Å². The number of thiophene rings is 1. The molecule has 2 atom stereocenters. The number of aromatic nitrogens is 2. The summed E-state index contributed by atoms with van der Waals surface area (Å²) in [7, 11) is 0. The fourth-order valence-corrected chi connectivity index (χ4v) is 6.73. The number of carbonyl (C=O) groups is 1. The number of allylic oxidation sites excluding steroid dienone is 1. The molecule has 0 fully saturated rings. The highest BCUT2D eigenvalue weighted by atomic mass is 35.5. The van der Waals surface area contributed by atoms with Crippen molar-refractivity contribution in [2.24, 2.45) is 5.92 Å². The van der Waals surface area contributed by atoms with Crippen LogP contribution in [-0.4, -0.2) is 20.7 Å². The van der Waals surface area contributed by atoms with Crippen LogP contribution in [0.2, 0.25) is 10.0 Å². The van der Waals surface area contributed by atoms with E-state index in [4.69, 9.17) is 28.2 Å². The average molecular weight is 508 g/mol. The molecule has 4 rings (SSSR count). The van der Waals surface area contributed by atoms with Crippen LogP contribution < -0.4 is 10.9 Å². The quantitative estimate of drug-likeness (QED) is 0.245. The second-order valence-electron chi connectivity index (χ2n) is 8.04. The zero-order chi connectivity index (χ0) is 23.0. The van der Waals surface area contributed by atoms with Gasteiger partial charge in [0, 0.05) is 27.2 Å². The zero-order valence-electron chi connectivity index (χ0n) is 17.8. The SMILES string of the molecule is C=CCn1c(S[C@H](C)C(=O)Nc2cc(Cl)cc(Cl)c2)nc2sc3c(c2c1=O)CC[C@H](C)C3. The molecule has 0 bridgehead atoms. The van der Waals surface area contributed by atoms with Gasteiger partial charge in [-0.2, -0.15) is 0 Å². The molecule has 168 valence electrons. The Bertz CT molecular complexity index is 1250. The number of carbonyl (C=O) groups excluding carboxylic acids is 1. The van der Waals surface area contributed by atoms with Crippen LogP contribution in [0.3, 0.4) is 0 Å². The van der Waals surface area contributed by atoms with Crippen molar-refractivity contribution < 1.29 is 4.79 Å². The van der Waals surface area contributed by atoms with Crippen LogP contribution in [0.1, 0.15) is 30.7 Å². The fraction of sp³-hybridized carbons (Fsp3) is 0.348. The Balaban J connectivity index is 1.65. The van der Waals surface area contributed by atoms with Gasteiger partial charge in [-0.25, -0.2) is 4.98 Å². The molecule has 1 aromatic carbocycles. The summed E-state index contributed by atoms with van der Waals surface area (Å²) in [6, 6.07) is 4.88. The van der Waals surface area contributed by atoms with E-state index < -0.39 is 5.25 Å². The zero-order valence-corrected chi connectivity index (χ0v) is 20.9. The first kappa shape index (κ1) is 23.4. The molecular formula is C23H23Cl2N3O2S2. The lowest BCUT2D eigenvalue weighted by molar-refractivity contribution is -0.115. The van der Waals surface area contributed by atoms with Crippen LogP contribution >= 0.6 is 46.3 Å². The molecule has 5 nitrogen and oxygen atoms in total. The Labute approximate surface area is 204 Å². The lowest BCUT2D eigenvalue weighted by atomic mass is 9.89. The van der Waals surface area contributed by atoms with Crippen molar-refractivity contribution >= 4 is 68.1 Å². The summed E-state index contributed by atoms with van der Waals surface area (Å²) in [6.45, 7) is 8.15. The van der Waals surface area contributed by atoms with E-state index in [9.17, 15) is 9.59 Å². The summed E-state index contributed by atoms with van der Waals surface area (Å²) >= 11 is 14.9. The molecular weight excluding hydrogens is 485 g/mol. The smallest absolute Gasteiger partial charge is 0.263 e. The number of nitrogens with one attached hydrogen (secondary N) is 1. The van der Waals surface area contributed by atoms with E-state index in [1.54, 1.807) is 47.1 Å². The number of fused-ring (bicyclic) bond motifs is 3. The van der Waals surface area contributed by atoms with Gasteiger partial charge < -0.3 is 5.32 Å². The van der Waals surface area contributed by atoms with Gasteiger partial charge in [-0.3, -0.25) is 14.2 Å². The van der Waals surface area contributed by atoms with Gasteiger partial charge in [0.25, 0.3) is 5.56 Å². The lowest BCUT2D eigenvalue weighted by Crippen LogP contribution is -2.27. The second kappa shape index (κ2) is 9.59. The third kappa shape index (κ3) is 4.76. The maximum atomic E-state index is 13.4. The summed E-state index contributed by atoms with van der Waals surface area (Å²) in [5.74, 6) is 0.385. The molecule has 0 unspecified atom stereocenters. The minimum Gasteiger partial charge on any atom is -0.325 e. The number of benzene rings is 1. The molecule has 1 amide bonds. The number of hydrogen-bond acceptors (Lipinski definition) is 5. The Hall–Kier alpha value is -1.80. The van der Waals surface area contributed by atoms with Gasteiger partial charge in [-0.1, -0.05) is 48.0 Å². The van der Waals surface area contributed by atoms with Crippen molar-refractivity contribution in [2.75, 3.05) is 5.32 Å². The van der Waals surface area contributed by atoms with E-state index in [0.717, 1.165) is 35.0 Å². The highest BCUT2D eigenvalue weighted by Gasteiger charge is 2.26. The molecule has 0 saturated carbocycles. The van der Waals surface area contributed by atoms with E-state index in [1.807, 2.05) is 0 Å². The largest absolute Gasteiger partial charge is 0.325 e. The molecule has 2 heterocycles. The van der Waals surface area contributed by atoms with Crippen LogP contribution in [0.5, 0.6) is 0 Å². The van der Waals surface area contributed by atoms with Crippen molar-refractivity contribution in [3.63, 3.8) is 0 Å². The number of nitrogens with zero attached hydrogens (tertiary/aromatic N) is 2. The number of halogens is 2. The van der Waals surface area contributed by atoms with Crippen molar-refractivity contribution in [1.29, 1.82) is 0 Å². The predicted octanol–water partition coefficient (Wildman–Crippen LogP) is 6.19. The number of thioether (sulfide) groups is 1. The first-order chi connectivity index (χ1) is 15.3. The van der Waals surface area contributed by atoms with Crippen LogP contribution in [-0.2, 0) is 24.2 Å². The third-order valence-electron chi connectivity index (χ3n) is 5.47. The van der Waals surface area contributed by atoms with E-state index in [2.05, 4.69) is 18.8 Å². The van der Waals surface area contributed by atoms with Gasteiger partial charge in [0.15, 0.2) is 5.16 Å². The predicted molar refractivity (Wildman–Crippen MR) is 136 cm³/mol. The summed E-state index contributed by atoms with van der Waals surface area (Å²) < 4.78 is 1.62. The Morgan fingerprint density at radius 3 is 2.81 bits per heavy atom. The lowest BCUT2D eigenvalue weighted by Gasteiger charge is -2.18. The molecule has 32 heavy (non-hydrogen) atoms. The number of hydrogen-bond donors (Lipinski definition) is 1. The van der Waals surface area contributed by atoms with E-state index in [1.165, 1.54) is 16.6 Å². The summed E-state index contributed by atoms with van der Waals surface area (Å²) in [5, 5.41) is 4.46. The van der Waals surface area contributed by atoms with Gasteiger partial charge in [-0.05, 0) is 55.9 Å². The molecule has 0 aliphatic heterocycles. The summed E-state index contributed by atoms with van der Waals surface area (Å²) in [5.41, 5.74) is 1.61. The first-order valence-electron chi connectivity index (χ1n) is 10.4. The number of rotatable bonds is 6. The molecule has 0 saturated heterocycles. The highest BCUT2D eigenvalue weighted by Crippen LogP contribution is 2.37. The van der Waals surface area contributed by atoms with Crippen LogP contribution in [0, 0.1) is 5.92 Å². The monoisotopic (exact) mass is 507 g/mol. The Kier molecular flexibility index (Phi) is 7.00. The van der Waals surface area contributed by atoms with Gasteiger partial charge in [0.2, 0.25) is 5.91 Å². The Morgan fingerprint density at radius 2 is 2.12 bits per heavy atom. The fourth-order valence-electron chi connectivity index (χ4n) is 3.87. The highest BCUT2D eigenvalue weighted by molar-refractivity contribution is 8.00. The maximum Gasteiger partial charge on any atom is 0.263 e. The van der Waals surface area contributed by atoms with Crippen LogP contribution in [0.4, 0.5) is 5.69 Å². The molecule has 1 aliphatic carbocycles. The average Bonchev–Trinajstić information content (AvgIpc) is 3.07. The first-order valence-corrected chi connectivity index (χ1v) is 12.8. The molecule has 1 aliphatic rings. The molecule has 1 N–H and O–H groups in total. The second-order valence-corrected chi connectivity index (χ2v) is 11.3. The van der Waals surface area contributed by atoms with Crippen molar-refractivity contribution in [3.8, 4) is 0 Å². The Morgan fingerprint density at radius 1 is 1.41 bits per heavy atom. The minimum atomic E-state index is -0.497. The topological polar surface area (TPSA) is 64.0 Å². The van der Waals surface area contributed by atoms with Gasteiger partial charge in [0.1, 0.15) is 4.83 Å². The summed E-state index contributed by atoms with van der Waals surface area (Å²) in [6.07, 6.45) is 4.66. The number of amides is 1. The van der Waals surface area contributed by atoms with Gasteiger partial charge in [-0.15, -0.1) is 17.9 Å². The molecule has 9 heteroatoms. The van der Waals surface area contributed by atoms with E-state index in [-0.39, 0.29) is 11.5 Å².